The number of carbonyl (C=O) groups excluding carboxylic acids is 3. The maximum Gasteiger partial charge on any atom is 0.471 e. The number of nitrogens with one attached hydrogen (secondary N) is 2. The molecular formula is C32H36F3N5O4. The lowest BCUT2D eigenvalue weighted by Gasteiger charge is -2.35. The van der Waals surface area contributed by atoms with Gasteiger partial charge in [0.25, 0.3) is 0 Å². The van der Waals surface area contributed by atoms with E-state index in [1.54, 1.807) is 17.7 Å². The van der Waals surface area contributed by atoms with Crippen LogP contribution < -0.4 is 10.6 Å². The van der Waals surface area contributed by atoms with Crippen LogP contribution in [0.15, 0.2) is 30.6 Å². The fourth-order valence-electron chi connectivity index (χ4n) is 6.76. The topological polar surface area (TPSA) is 124 Å². The van der Waals surface area contributed by atoms with Crippen molar-refractivity contribution in [3.63, 3.8) is 0 Å². The van der Waals surface area contributed by atoms with Crippen molar-refractivity contribution >= 4 is 28.5 Å². The van der Waals surface area contributed by atoms with Crippen LogP contribution in [0, 0.1) is 40.4 Å². The van der Waals surface area contributed by atoms with E-state index < -0.39 is 53.5 Å². The number of rotatable bonds is 10. The SMILES string of the molecule is C#Cc1cccc2cncc(CCCC(C#N)NC(=O)[C@@H]3[C@H]4C(C)(C)[C@@]4(C)CN3C(=O)[C@@H](NC(=O)C(F)(F)F)[C@@H](C)OC)c12. The van der Waals surface area contributed by atoms with Crippen molar-refractivity contribution in [1.82, 2.24) is 20.5 Å². The number of carbonyl (C=O) groups is 3. The van der Waals surface area contributed by atoms with E-state index in [1.165, 1.54) is 18.9 Å². The number of pyridine rings is 1. The Hall–Kier alpha value is -4.16. The summed E-state index contributed by atoms with van der Waals surface area (Å²) in [6.45, 7) is 7.30. The van der Waals surface area contributed by atoms with Crippen molar-refractivity contribution in [3.8, 4) is 18.4 Å². The maximum absolute atomic E-state index is 13.7. The van der Waals surface area contributed by atoms with Gasteiger partial charge in [0.15, 0.2) is 0 Å². The lowest BCUT2D eigenvalue weighted by molar-refractivity contribution is -0.176. The molecule has 1 saturated carbocycles. The van der Waals surface area contributed by atoms with Gasteiger partial charge in [-0.1, -0.05) is 38.8 Å². The molecule has 1 aromatic heterocycles. The smallest absolute Gasteiger partial charge is 0.379 e. The van der Waals surface area contributed by atoms with Crippen LogP contribution in [-0.2, 0) is 25.5 Å². The minimum Gasteiger partial charge on any atom is -0.379 e. The lowest BCUT2D eigenvalue weighted by Crippen LogP contribution is -2.60. The number of fused-ring (bicyclic) bond motifs is 2. The average molecular weight is 612 g/mol. The van der Waals surface area contributed by atoms with E-state index in [-0.39, 0.29) is 17.9 Å². The normalized spacial score (nSPS) is 23.9. The van der Waals surface area contributed by atoms with E-state index in [4.69, 9.17) is 11.2 Å². The number of piperidine rings is 1. The minimum absolute atomic E-state index is 0.0965. The summed E-state index contributed by atoms with van der Waals surface area (Å²) in [6.07, 6.45) is 4.20. The number of halogens is 3. The van der Waals surface area contributed by atoms with Gasteiger partial charge in [0, 0.05) is 48.3 Å². The summed E-state index contributed by atoms with van der Waals surface area (Å²) in [7, 11) is 1.21. The molecule has 0 bridgehead atoms. The monoisotopic (exact) mass is 611 g/mol. The number of hydrogen-bond acceptors (Lipinski definition) is 6. The van der Waals surface area contributed by atoms with Gasteiger partial charge in [-0.15, -0.1) is 6.42 Å². The van der Waals surface area contributed by atoms with Gasteiger partial charge in [-0.3, -0.25) is 19.4 Å². The molecule has 1 saturated heterocycles. The highest BCUT2D eigenvalue weighted by Gasteiger charge is 2.77. The third-order valence-electron chi connectivity index (χ3n) is 9.63. The first-order chi connectivity index (χ1) is 20.6. The van der Waals surface area contributed by atoms with Crippen molar-refractivity contribution < 1.29 is 32.3 Å². The van der Waals surface area contributed by atoms with E-state index in [0.717, 1.165) is 21.9 Å². The Balaban J connectivity index is 1.50. The molecule has 9 nitrogen and oxygen atoms in total. The predicted octanol–water partition coefficient (Wildman–Crippen LogP) is 3.50. The van der Waals surface area contributed by atoms with Crippen LogP contribution in [0.4, 0.5) is 13.2 Å². The summed E-state index contributed by atoms with van der Waals surface area (Å²) in [4.78, 5) is 44.7. The fraction of sp³-hybridized carbons (Fsp3) is 0.531. The lowest BCUT2D eigenvalue weighted by atomic mass is 9.95. The van der Waals surface area contributed by atoms with E-state index in [2.05, 4.69) is 22.3 Å². The van der Waals surface area contributed by atoms with E-state index >= 15 is 0 Å². The Morgan fingerprint density at radius 1 is 1.23 bits per heavy atom. The van der Waals surface area contributed by atoms with E-state index in [0.29, 0.717) is 19.3 Å². The average Bonchev–Trinajstić information content (AvgIpc) is 3.23. The highest BCUT2D eigenvalue weighted by molar-refractivity contribution is 5.95. The molecule has 44 heavy (non-hydrogen) atoms. The van der Waals surface area contributed by atoms with Crippen molar-refractivity contribution in [2.75, 3.05) is 13.7 Å². The first-order valence-corrected chi connectivity index (χ1v) is 14.4. The highest BCUT2D eigenvalue weighted by Crippen LogP contribution is 2.74. The van der Waals surface area contributed by atoms with Crippen LogP contribution in [0.3, 0.4) is 0 Å². The number of likely N-dealkylation sites (tertiary alicyclic amines) is 1. The van der Waals surface area contributed by atoms with Gasteiger partial charge in [0.1, 0.15) is 18.1 Å². The molecule has 2 heterocycles. The zero-order chi connectivity index (χ0) is 32.6. The van der Waals surface area contributed by atoms with Crippen molar-refractivity contribution in [2.24, 2.45) is 16.7 Å². The Bertz CT molecular complexity index is 1540. The summed E-state index contributed by atoms with van der Waals surface area (Å²) < 4.78 is 44.4. The Kier molecular flexibility index (Phi) is 8.99. The second-order valence-corrected chi connectivity index (χ2v) is 12.3. The molecule has 1 aliphatic carbocycles. The molecule has 2 aliphatic rings. The molecule has 1 unspecified atom stereocenters. The molecule has 0 radical (unpaired) electrons. The number of aromatic nitrogens is 1. The van der Waals surface area contributed by atoms with Gasteiger partial charge in [0.05, 0.1) is 12.2 Å². The summed E-state index contributed by atoms with van der Waals surface area (Å²) >= 11 is 0. The molecule has 2 fully saturated rings. The highest BCUT2D eigenvalue weighted by atomic mass is 19.4. The second kappa shape index (κ2) is 12.1. The molecule has 2 aromatic rings. The maximum atomic E-state index is 13.7. The Labute approximate surface area is 254 Å². The van der Waals surface area contributed by atoms with Crippen molar-refractivity contribution in [1.29, 1.82) is 5.26 Å². The first kappa shape index (κ1) is 32.7. The molecule has 6 atom stereocenters. The molecule has 3 amide bonds. The zero-order valence-corrected chi connectivity index (χ0v) is 25.3. The summed E-state index contributed by atoms with van der Waals surface area (Å²) in [5.74, 6) is -1.33. The second-order valence-electron chi connectivity index (χ2n) is 12.3. The van der Waals surface area contributed by atoms with Crippen LogP contribution in [0.25, 0.3) is 10.8 Å². The Morgan fingerprint density at radius 2 is 1.93 bits per heavy atom. The predicted molar refractivity (Wildman–Crippen MR) is 155 cm³/mol. The summed E-state index contributed by atoms with van der Waals surface area (Å²) in [5.41, 5.74) is 0.819. The number of terminal acetylenes is 1. The van der Waals surface area contributed by atoms with Crippen molar-refractivity contribution in [2.45, 2.75) is 77.4 Å². The fourth-order valence-corrected chi connectivity index (χ4v) is 6.76. The Morgan fingerprint density at radius 3 is 2.55 bits per heavy atom. The quantitative estimate of drug-likeness (QED) is 0.397. The van der Waals surface area contributed by atoms with Gasteiger partial charge < -0.3 is 20.3 Å². The third-order valence-corrected chi connectivity index (χ3v) is 9.63. The molecule has 0 spiro atoms. The standard InChI is InChI=1S/C32H36F3N5O4/c1-7-19-10-8-11-20-15-37-16-21(23(19)20)12-9-13-22(14-36)38-27(41)25-26-30(3,4)31(26,5)17-40(25)28(42)24(18(2)44-6)39-29(43)32(33,34)35/h1,8,10-11,15-16,18,22,24-26H,9,12-13,17H2,2-6H3,(H,38,41)(H,39,43)/t18-,22?,24+,25+,26+,31+/m1/s1. The number of alkyl halides is 3. The number of aryl methyl sites for hydroxylation is 1. The molecule has 4 rings (SSSR count). The zero-order valence-electron chi connectivity index (χ0n) is 25.3. The van der Waals surface area contributed by atoms with Gasteiger partial charge in [-0.25, -0.2) is 0 Å². The van der Waals surface area contributed by atoms with Gasteiger partial charge >= 0.3 is 12.1 Å². The number of hydrogen-bond donors (Lipinski definition) is 2. The van der Waals surface area contributed by atoms with Gasteiger partial charge in [-0.2, -0.15) is 18.4 Å². The van der Waals surface area contributed by atoms with Crippen LogP contribution in [0.2, 0.25) is 0 Å². The number of nitrogens with zero attached hydrogens (tertiary/aromatic N) is 3. The molecule has 1 aromatic carbocycles. The third kappa shape index (κ3) is 5.83. The molecule has 2 N–H and O–H groups in total. The number of ether oxygens (including phenoxy) is 1. The minimum atomic E-state index is -5.21. The molecular weight excluding hydrogens is 575 g/mol. The van der Waals surface area contributed by atoms with Crippen LogP contribution in [-0.4, -0.2) is 71.7 Å². The molecule has 234 valence electrons. The van der Waals surface area contributed by atoms with Crippen LogP contribution in [0.5, 0.6) is 0 Å². The number of methoxy groups -OCH3 is 1. The summed E-state index contributed by atoms with van der Waals surface area (Å²) in [6, 6.07) is 4.12. The van der Waals surface area contributed by atoms with E-state index in [9.17, 15) is 32.8 Å². The first-order valence-electron chi connectivity index (χ1n) is 14.4. The van der Waals surface area contributed by atoms with E-state index in [1.807, 2.05) is 39.0 Å². The molecule has 12 heteroatoms. The number of benzene rings is 1. The van der Waals surface area contributed by atoms with Gasteiger partial charge in [-0.05, 0) is 48.6 Å². The summed E-state index contributed by atoms with van der Waals surface area (Å²) in [5, 5.41) is 16.2. The largest absolute Gasteiger partial charge is 0.471 e. The number of amides is 3. The van der Waals surface area contributed by atoms with Gasteiger partial charge in [0.2, 0.25) is 11.8 Å². The van der Waals surface area contributed by atoms with Crippen LogP contribution in [0.1, 0.15) is 51.7 Å². The van der Waals surface area contributed by atoms with Crippen molar-refractivity contribution in [3.05, 3.63) is 41.7 Å². The molecule has 1 aliphatic heterocycles. The van der Waals surface area contributed by atoms with Crippen LogP contribution >= 0.6 is 0 Å². The number of nitriles is 1.